The molecule has 4 rings (SSSR count). The molecule has 142 valence electrons. The Balaban J connectivity index is 1.62. The molecule has 0 aromatic carbocycles. The van der Waals surface area contributed by atoms with Gasteiger partial charge in [-0.2, -0.15) is 0 Å². The molecule has 1 fully saturated rings. The predicted octanol–water partition coefficient (Wildman–Crippen LogP) is 2.21. The van der Waals surface area contributed by atoms with Gasteiger partial charge in [0.2, 0.25) is 0 Å². The lowest BCUT2D eigenvalue weighted by atomic mass is 9.94. The van der Waals surface area contributed by atoms with Crippen LogP contribution in [0.25, 0.3) is 5.65 Å². The van der Waals surface area contributed by atoms with Gasteiger partial charge in [0.1, 0.15) is 11.3 Å². The normalized spacial score (nSPS) is 17.6. The predicted molar refractivity (Wildman–Crippen MR) is 99.0 cm³/mol. The van der Waals surface area contributed by atoms with Crippen LogP contribution in [0.3, 0.4) is 0 Å². The van der Waals surface area contributed by atoms with Crippen molar-refractivity contribution >= 4 is 11.6 Å². The number of piperidine rings is 1. The van der Waals surface area contributed by atoms with Crippen molar-refractivity contribution in [2.75, 3.05) is 13.1 Å². The minimum Gasteiger partial charge on any atom is -0.361 e. The monoisotopic (exact) mass is 369 g/mol. The van der Waals surface area contributed by atoms with Crippen LogP contribution >= 0.6 is 0 Å². The SMILES string of the molecule is CCc1cc(=O)n2[nH]c([C@@H]3CCCN(C(=O)c4c(C)noc4C)C3)cc2n1. The first-order chi connectivity index (χ1) is 13.0. The van der Waals surface area contributed by atoms with Gasteiger partial charge in [-0.25, -0.2) is 9.50 Å². The van der Waals surface area contributed by atoms with Crippen molar-refractivity contribution in [3.05, 3.63) is 50.9 Å². The number of aromatic amines is 1. The van der Waals surface area contributed by atoms with Crippen LogP contribution in [0.1, 0.15) is 58.9 Å². The zero-order valence-corrected chi connectivity index (χ0v) is 15.8. The van der Waals surface area contributed by atoms with Crippen LogP contribution in [-0.2, 0) is 6.42 Å². The second kappa shape index (κ2) is 6.68. The third-order valence-electron chi connectivity index (χ3n) is 5.28. The molecule has 1 N–H and O–H groups in total. The van der Waals surface area contributed by atoms with Gasteiger partial charge >= 0.3 is 0 Å². The highest BCUT2D eigenvalue weighted by Gasteiger charge is 2.29. The van der Waals surface area contributed by atoms with Crippen LogP contribution in [-0.4, -0.2) is 43.7 Å². The summed E-state index contributed by atoms with van der Waals surface area (Å²) in [7, 11) is 0. The minimum atomic E-state index is -0.109. The summed E-state index contributed by atoms with van der Waals surface area (Å²) in [6, 6.07) is 3.48. The fourth-order valence-electron chi connectivity index (χ4n) is 3.81. The summed E-state index contributed by atoms with van der Waals surface area (Å²) in [6.07, 6.45) is 2.57. The maximum Gasteiger partial charge on any atom is 0.272 e. The topological polar surface area (TPSA) is 96.5 Å². The molecule has 0 saturated carbocycles. The molecule has 8 heteroatoms. The van der Waals surface area contributed by atoms with Gasteiger partial charge in [0.15, 0.2) is 5.65 Å². The third-order valence-corrected chi connectivity index (χ3v) is 5.28. The number of carbonyl (C=O) groups is 1. The lowest BCUT2D eigenvalue weighted by molar-refractivity contribution is 0.0703. The van der Waals surface area contributed by atoms with Gasteiger partial charge in [0, 0.05) is 42.5 Å². The summed E-state index contributed by atoms with van der Waals surface area (Å²) in [6.45, 7) is 6.82. The van der Waals surface area contributed by atoms with Crippen LogP contribution < -0.4 is 5.56 Å². The number of nitrogens with zero attached hydrogens (tertiary/aromatic N) is 4. The van der Waals surface area contributed by atoms with E-state index in [9.17, 15) is 9.59 Å². The number of aryl methyl sites for hydroxylation is 3. The number of hydrogen-bond donors (Lipinski definition) is 1. The Morgan fingerprint density at radius 3 is 2.89 bits per heavy atom. The fourth-order valence-corrected chi connectivity index (χ4v) is 3.81. The highest BCUT2D eigenvalue weighted by molar-refractivity contribution is 5.96. The average Bonchev–Trinajstić information content (AvgIpc) is 3.25. The lowest BCUT2D eigenvalue weighted by Gasteiger charge is -2.32. The summed E-state index contributed by atoms with van der Waals surface area (Å²) in [5, 5.41) is 7.06. The van der Waals surface area contributed by atoms with Gasteiger partial charge in [-0.1, -0.05) is 12.1 Å². The highest BCUT2D eigenvalue weighted by Crippen LogP contribution is 2.28. The van der Waals surface area contributed by atoms with Crippen LogP contribution in [0.2, 0.25) is 0 Å². The number of hydrogen-bond acceptors (Lipinski definition) is 5. The zero-order chi connectivity index (χ0) is 19.1. The quantitative estimate of drug-likeness (QED) is 0.763. The van der Waals surface area contributed by atoms with Crippen molar-refractivity contribution in [3.8, 4) is 0 Å². The number of carbonyl (C=O) groups excluding carboxylic acids is 1. The number of aromatic nitrogens is 4. The molecule has 1 aliphatic rings. The summed E-state index contributed by atoms with van der Waals surface area (Å²) in [5.41, 5.74) is 3.41. The van der Waals surface area contributed by atoms with E-state index in [1.165, 1.54) is 4.52 Å². The highest BCUT2D eigenvalue weighted by atomic mass is 16.5. The second-order valence-electron chi connectivity index (χ2n) is 7.13. The van der Waals surface area contributed by atoms with E-state index in [0.29, 0.717) is 35.8 Å². The number of rotatable bonds is 3. The first-order valence-corrected chi connectivity index (χ1v) is 9.31. The van der Waals surface area contributed by atoms with E-state index in [0.717, 1.165) is 30.7 Å². The molecule has 0 radical (unpaired) electrons. The van der Waals surface area contributed by atoms with Gasteiger partial charge < -0.3 is 9.42 Å². The van der Waals surface area contributed by atoms with Crippen LogP contribution in [0.4, 0.5) is 0 Å². The minimum absolute atomic E-state index is 0.0457. The number of nitrogens with one attached hydrogen (secondary N) is 1. The summed E-state index contributed by atoms with van der Waals surface area (Å²) >= 11 is 0. The van der Waals surface area contributed by atoms with Crippen LogP contribution in [0, 0.1) is 13.8 Å². The van der Waals surface area contributed by atoms with Gasteiger partial charge in [0.05, 0.1) is 5.69 Å². The molecule has 1 saturated heterocycles. The first-order valence-electron chi connectivity index (χ1n) is 9.31. The first kappa shape index (κ1) is 17.5. The summed E-state index contributed by atoms with van der Waals surface area (Å²) < 4.78 is 6.62. The Kier molecular flexibility index (Phi) is 4.33. The molecule has 1 aliphatic heterocycles. The fraction of sp³-hybridized carbons (Fsp3) is 0.474. The van der Waals surface area contributed by atoms with Gasteiger partial charge in [-0.05, 0) is 33.1 Å². The summed E-state index contributed by atoms with van der Waals surface area (Å²) in [4.78, 5) is 31.6. The number of fused-ring (bicyclic) bond motifs is 1. The van der Waals surface area contributed by atoms with E-state index in [1.807, 2.05) is 17.9 Å². The largest absolute Gasteiger partial charge is 0.361 e. The average molecular weight is 369 g/mol. The molecule has 8 nitrogen and oxygen atoms in total. The molecule has 0 aliphatic carbocycles. The van der Waals surface area contributed by atoms with Gasteiger partial charge in [0.25, 0.3) is 11.5 Å². The van der Waals surface area contributed by atoms with E-state index in [1.54, 1.807) is 19.9 Å². The molecule has 0 unspecified atom stereocenters. The molecule has 4 heterocycles. The Labute approximate surface area is 156 Å². The van der Waals surface area contributed by atoms with E-state index in [4.69, 9.17) is 4.52 Å². The van der Waals surface area contributed by atoms with E-state index < -0.39 is 0 Å². The van der Waals surface area contributed by atoms with E-state index >= 15 is 0 Å². The Morgan fingerprint density at radius 1 is 1.37 bits per heavy atom. The van der Waals surface area contributed by atoms with E-state index in [-0.39, 0.29) is 17.4 Å². The molecule has 27 heavy (non-hydrogen) atoms. The lowest BCUT2D eigenvalue weighted by Crippen LogP contribution is -2.39. The molecular formula is C19H23N5O3. The number of H-pyrrole nitrogens is 1. The van der Waals surface area contributed by atoms with Crippen molar-refractivity contribution in [2.45, 2.75) is 46.0 Å². The number of amides is 1. The molecule has 3 aromatic rings. The van der Waals surface area contributed by atoms with Crippen molar-refractivity contribution in [3.63, 3.8) is 0 Å². The molecule has 3 aromatic heterocycles. The van der Waals surface area contributed by atoms with Crippen molar-refractivity contribution in [2.24, 2.45) is 0 Å². The van der Waals surface area contributed by atoms with Crippen LogP contribution in [0.5, 0.6) is 0 Å². The Hall–Kier alpha value is -2.90. The Morgan fingerprint density at radius 2 is 2.19 bits per heavy atom. The van der Waals surface area contributed by atoms with Crippen molar-refractivity contribution in [1.82, 2.24) is 24.7 Å². The Bertz CT molecular complexity index is 1040. The maximum absolute atomic E-state index is 12.9. The van der Waals surface area contributed by atoms with Crippen LogP contribution in [0.15, 0.2) is 21.5 Å². The molecule has 0 bridgehead atoms. The molecule has 0 spiro atoms. The second-order valence-corrected chi connectivity index (χ2v) is 7.13. The van der Waals surface area contributed by atoms with Gasteiger partial charge in [-0.3, -0.25) is 14.7 Å². The maximum atomic E-state index is 12.9. The smallest absolute Gasteiger partial charge is 0.272 e. The summed E-state index contributed by atoms with van der Waals surface area (Å²) in [5.74, 6) is 0.637. The molecular weight excluding hydrogens is 346 g/mol. The molecule has 1 amide bonds. The van der Waals surface area contributed by atoms with Crippen molar-refractivity contribution < 1.29 is 9.32 Å². The zero-order valence-electron chi connectivity index (χ0n) is 15.8. The third kappa shape index (κ3) is 3.05. The van der Waals surface area contributed by atoms with Crippen molar-refractivity contribution in [1.29, 1.82) is 0 Å². The standard InChI is InChI=1S/C19H23N5O3/c1-4-14-8-17(25)24-16(20-14)9-15(21-24)13-6-5-7-23(10-13)19(26)18-11(2)22-27-12(18)3/h8-9,13,21H,4-7,10H2,1-3H3/t13-/m1/s1. The van der Waals surface area contributed by atoms with Gasteiger partial charge in [-0.15, -0.1) is 0 Å². The van der Waals surface area contributed by atoms with E-state index in [2.05, 4.69) is 15.2 Å². The molecule has 1 atom stereocenters. The number of likely N-dealkylation sites (tertiary alicyclic amines) is 1.